The van der Waals surface area contributed by atoms with Crippen molar-refractivity contribution in [3.63, 3.8) is 0 Å². The molecule has 2 rings (SSSR count). The Labute approximate surface area is 133 Å². The fraction of sp³-hybridized carbons (Fsp3) is 0.562. The third-order valence-corrected chi connectivity index (χ3v) is 4.45. The lowest BCUT2D eigenvalue weighted by atomic mass is 9.95. The summed E-state index contributed by atoms with van der Waals surface area (Å²) in [6.45, 7) is 0.111. The minimum absolute atomic E-state index is 0.0158. The van der Waals surface area contributed by atoms with Gasteiger partial charge in [-0.2, -0.15) is 0 Å². The summed E-state index contributed by atoms with van der Waals surface area (Å²) in [5, 5.41) is 0. The fourth-order valence-electron chi connectivity index (χ4n) is 2.58. The lowest BCUT2D eigenvalue weighted by molar-refractivity contribution is -0.0243. The van der Waals surface area contributed by atoms with E-state index in [9.17, 15) is 4.79 Å². The molecule has 2 atom stereocenters. The highest BCUT2D eigenvalue weighted by Crippen LogP contribution is 2.26. The Morgan fingerprint density at radius 1 is 1.29 bits per heavy atom. The molecule has 5 heteroatoms. The molecule has 0 spiro atoms. The molecular weight excluding hydrogens is 336 g/mol. The number of carbonyl (C=O) groups is 1. The summed E-state index contributed by atoms with van der Waals surface area (Å²) in [5.41, 5.74) is 0.627. The molecule has 1 aromatic rings. The first kappa shape index (κ1) is 16.5. The molecule has 0 amide bonds. The number of hydrogen-bond donors (Lipinski definition) is 0. The van der Waals surface area contributed by atoms with Gasteiger partial charge in [0, 0.05) is 12.7 Å². The van der Waals surface area contributed by atoms with E-state index in [2.05, 4.69) is 15.9 Å². The van der Waals surface area contributed by atoms with Gasteiger partial charge >= 0.3 is 0 Å². The molecule has 0 N–H and O–H groups in total. The average molecular weight is 357 g/mol. The summed E-state index contributed by atoms with van der Waals surface area (Å²) in [6, 6.07) is 5.30. The van der Waals surface area contributed by atoms with Crippen LogP contribution in [-0.4, -0.2) is 38.8 Å². The topological polar surface area (TPSA) is 44.8 Å². The molecule has 0 bridgehead atoms. The van der Waals surface area contributed by atoms with Crippen LogP contribution >= 0.6 is 15.9 Å². The molecule has 0 aliphatic heterocycles. The number of hydrogen-bond acceptors (Lipinski definition) is 4. The van der Waals surface area contributed by atoms with Crippen LogP contribution in [0, 0.1) is 0 Å². The van der Waals surface area contributed by atoms with Crippen LogP contribution < -0.4 is 4.74 Å². The standard InChI is InChI=1S/C16H21BrO4/c1-19-12-4-3-5-13(9-12)21-10-15(18)11-6-7-16(20-2)14(17)8-11/h6-8,12-13H,3-5,9-10H2,1-2H3. The molecule has 21 heavy (non-hydrogen) atoms. The van der Waals surface area contributed by atoms with E-state index < -0.39 is 0 Å². The number of rotatable bonds is 6. The number of benzene rings is 1. The first-order valence-corrected chi connectivity index (χ1v) is 7.94. The number of carbonyl (C=O) groups excluding carboxylic acids is 1. The van der Waals surface area contributed by atoms with Crippen LogP contribution in [-0.2, 0) is 9.47 Å². The Kier molecular flexibility index (Phi) is 6.21. The Morgan fingerprint density at radius 2 is 2.05 bits per heavy atom. The highest BCUT2D eigenvalue weighted by Gasteiger charge is 2.23. The van der Waals surface area contributed by atoms with Gasteiger partial charge in [-0.05, 0) is 59.8 Å². The normalized spacial score (nSPS) is 22.0. The molecule has 0 aromatic heterocycles. The zero-order valence-electron chi connectivity index (χ0n) is 12.4. The molecule has 1 saturated carbocycles. The van der Waals surface area contributed by atoms with Crippen molar-refractivity contribution in [2.45, 2.75) is 37.9 Å². The first-order valence-electron chi connectivity index (χ1n) is 7.15. The molecule has 2 unspecified atom stereocenters. The maximum Gasteiger partial charge on any atom is 0.188 e. The van der Waals surface area contributed by atoms with Gasteiger partial charge in [-0.3, -0.25) is 4.79 Å². The molecule has 1 aliphatic rings. The highest BCUT2D eigenvalue weighted by atomic mass is 79.9. The predicted octanol–water partition coefficient (Wildman–Crippen LogP) is 3.61. The quantitative estimate of drug-likeness (QED) is 0.730. The molecule has 0 saturated heterocycles. The number of methoxy groups -OCH3 is 2. The van der Waals surface area contributed by atoms with Crippen molar-refractivity contribution in [3.05, 3.63) is 28.2 Å². The smallest absolute Gasteiger partial charge is 0.188 e. The SMILES string of the molecule is COc1ccc(C(=O)COC2CCCC(OC)C2)cc1Br. The van der Waals surface area contributed by atoms with Crippen molar-refractivity contribution >= 4 is 21.7 Å². The van der Waals surface area contributed by atoms with Gasteiger partial charge in [0.1, 0.15) is 12.4 Å². The fourth-order valence-corrected chi connectivity index (χ4v) is 3.12. The van der Waals surface area contributed by atoms with Gasteiger partial charge in [0.15, 0.2) is 5.78 Å². The highest BCUT2D eigenvalue weighted by molar-refractivity contribution is 9.10. The second-order valence-electron chi connectivity index (χ2n) is 5.23. The van der Waals surface area contributed by atoms with Gasteiger partial charge in [0.25, 0.3) is 0 Å². The second-order valence-corrected chi connectivity index (χ2v) is 6.08. The minimum Gasteiger partial charge on any atom is -0.496 e. The molecule has 1 aliphatic carbocycles. The molecule has 4 nitrogen and oxygen atoms in total. The Bertz CT molecular complexity index is 489. The van der Waals surface area contributed by atoms with Gasteiger partial charge in [-0.1, -0.05) is 0 Å². The van der Waals surface area contributed by atoms with E-state index in [0.29, 0.717) is 11.3 Å². The van der Waals surface area contributed by atoms with Crippen LogP contribution in [0.1, 0.15) is 36.0 Å². The summed E-state index contributed by atoms with van der Waals surface area (Å²) in [7, 11) is 3.33. The molecule has 1 fully saturated rings. The zero-order chi connectivity index (χ0) is 15.2. The van der Waals surface area contributed by atoms with Crippen LogP contribution in [0.3, 0.4) is 0 Å². The predicted molar refractivity (Wildman–Crippen MR) is 84.0 cm³/mol. The van der Waals surface area contributed by atoms with Crippen LogP contribution in [0.4, 0.5) is 0 Å². The molecular formula is C16H21BrO4. The molecule has 0 radical (unpaired) electrons. The Balaban J connectivity index is 1.88. The lowest BCUT2D eigenvalue weighted by Crippen LogP contribution is -2.29. The van der Waals surface area contributed by atoms with Gasteiger partial charge in [0.05, 0.1) is 23.8 Å². The van der Waals surface area contributed by atoms with Crippen LogP contribution in [0.2, 0.25) is 0 Å². The maximum atomic E-state index is 12.2. The van der Waals surface area contributed by atoms with Gasteiger partial charge in [-0.15, -0.1) is 0 Å². The summed E-state index contributed by atoms with van der Waals surface area (Å²) in [5.74, 6) is 0.695. The summed E-state index contributed by atoms with van der Waals surface area (Å²) in [6.07, 6.45) is 4.42. The third kappa shape index (κ3) is 4.53. The minimum atomic E-state index is -0.0158. The number of Topliss-reactive ketones (excluding diaryl/α,β-unsaturated/α-hetero) is 1. The van der Waals surface area contributed by atoms with E-state index in [4.69, 9.17) is 14.2 Å². The van der Waals surface area contributed by atoms with E-state index in [1.807, 2.05) is 0 Å². The largest absolute Gasteiger partial charge is 0.496 e. The molecule has 116 valence electrons. The number of ether oxygens (including phenoxy) is 3. The van der Waals surface area contributed by atoms with Crippen molar-refractivity contribution in [2.24, 2.45) is 0 Å². The lowest BCUT2D eigenvalue weighted by Gasteiger charge is -2.28. The van der Waals surface area contributed by atoms with Crippen molar-refractivity contribution in [1.29, 1.82) is 0 Å². The summed E-state index contributed by atoms with van der Waals surface area (Å²) < 4.78 is 17.0. The van der Waals surface area contributed by atoms with Crippen molar-refractivity contribution in [2.75, 3.05) is 20.8 Å². The third-order valence-electron chi connectivity index (χ3n) is 3.84. The van der Waals surface area contributed by atoms with E-state index >= 15 is 0 Å². The van der Waals surface area contributed by atoms with Crippen LogP contribution in [0.15, 0.2) is 22.7 Å². The number of ketones is 1. The van der Waals surface area contributed by atoms with E-state index in [0.717, 1.165) is 30.2 Å². The summed E-state index contributed by atoms with van der Waals surface area (Å²) >= 11 is 3.39. The van der Waals surface area contributed by atoms with E-state index in [1.54, 1.807) is 32.4 Å². The Hall–Kier alpha value is -0.910. The van der Waals surface area contributed by atoms with Crippen molar-refractivity contribution in [1.82, 2.24) is 0 Å². The van der Waals surface area contributed by atoms with Crippen LogP contribution in [0.5, 0.6) is 5.75 Å². The monoisotopic (exact) mass is 356 g/mol. The van der Waals surface area contributed by atoms with Crippen molar-refractivity contribution in [3.8, 4) is 5.75 Å². The van der Waals surface area contributed by atoms with E-state index in [1.165, 1.54) is 0 Å². The Morgan fingerprint density at radius 3 is 2.71 bits per heavy atom. The average Bonchev–Trinajstić information content (AvgIpc) is 2.52. The first-order chi connectivity index (χ1) is 10.1. The maximum absolute atomic E-state index is 12.2. The van der Waals surface area contributed by atoms with Crippen LogP contribution in [0.25, 0.3) is 0 Å². The van der Waals surface area contributed by atoms with Gasteiger partial charge in [-0.25, -0.2) is 0 Å². The zero-order valence-corrected chi connectivity index (χ0v) is 14.0. The van der Waals surface area contributed by atoms with Gasteiger partial charge < -0.3 is 14.2 Å². The van der Waals surface area contributed by atoms with Crippen molar-refractivity contribution < 1.29 is 19.0 Å². The number of halogens is 1. The van der Waals surface area contributed by atoms with Gasteiger partial charge in [0.2, 0.25) is 0 Å². The molecule has 0 heterocycles. The molecule has 1 aromatic carbocycles. The van der Waals surface area contributed by atoms with E-state index in [-0.39, 0.29) is 24.6 Å². The summed E-state index contributed by atoms with van der Waals surface area (Å²) in [4.78, 5) is 12.2. The second kappa shape index (κ2) is 7.92.